The van der Waals surface area contributed by atoms with E-state index in [1.165, 1.54) is 0 Å². The van der Waals surface area contributed by atoms with Crippen molar-refractivity contribution in [2.45, 2.75) is 57.4 Å². The lowest BCUT2D eigenvalue weighted by Crippen LogP contribution is -2.61. The van der Waals surface area contributed by atoms with Crippen LogP contribution in [0.2, 0.25) is 0 Å². The van der Waals surface area contributed by atoms with Crippen LogP contribution >= 0.6 is 0 Å². The molecule has 2 heterocycles. The highest BCUT2D eigenvalue weighted by molar-refractivity contribution is 5.92. The minimum atomic E-state index is -0.739. The third-order valence-electron chi connectivity index (χ3n) is 5.47. The largest absolute Gasteiger partial charge is 0.354 e. The molecule has 1 atom stereocenters. The summed E-state index contributed by atoms with van der Waals surface area (Å²) in [6, 6.07) is 1.79. The number of piperidine rings is 1. The van der Waals surface area contributed by atoms with Crippen LogP contribution in [0.15, 0.2) is 18.5 Å². The zero-order valence-corrected chi connectivity index (χ0v) is 15.5. The van der Waals surface area contributed by atoms with E-state index in [-0.39, 0.29) is 17.7 Å². The topological polar surface area (TPSA) is 87.2 Å². The molecule has 2 fully saturated rings. The quantitative estimate of drug-likeness (QED) is 0.835. The average Bonchev–Trinajstić information content (AvgIpc) is 2.69. The summed E-state index contributed by atoms with van der Waals surface area (Å²) < 4.78 is 0. The van der Waals surface area contributed by atoms with Crippen molar-refractivity contribution >= 4 is 17.8 Å². The molecule has 7 nitrogen and oxygen atoms in total. The van der Waals surface area contributed by atoms with Crippen molar-refractivity contribution in [1.29, 1.82) is 0 Å². The number of carbonyl (C=O) groups excluding carboxylic acids is 2. The minimum Gasteiger partial charge on any atom is -0.354 e. The third kappa shape index (κ3) is 4.14. The van der Waals surface area contributed by atoms with Gasteiger partial charge in [0.1, 0.15) is 5.54 Å². The molecule has 0 radical (unpaired) electrons. The molecule has 2 amide bonds. The van der Waals surface area contributed by atoms with E-state index in [9.17, 15) is 9.59 Å². The van der Waals surface area contributed by atoms with Gasteiger partial charge in [0.2, 0.25) is 17.8 Å². The van der Waals surface area contributed by atoms with Crippen LogP contribution in [0, 0.1) is 5.92 Å². The number of hydrogen-bond donors (Lipinski definition) is 2. The lowest BCUT2D eigenvalue weighted by atomic mass is 9.80. The number of nitrogens with zero attached hydrogens (tertiary/aromatic N) is 3. The molecule has 2 N–H and O–H groups in total. The molecule has 0 bridgehead atoms. The third-order valence-corrected chi connectivity index (χ3v) is 5.47. The van der Waals surface area contributed by atoms with Gasteiger partial charge < -0.3 is 15.5 Å². The fourth-order valence-corrected chi connectivity index (χ4v) is 4.06. The van der Waals surface area contributed by atoms with E-state index in [0.717, 1.165) is 51.5 Å². The van der Waals surface area contributed by atoms with Crippen LogP contribution in [0.5, 0.6) is 0 Å². The van der Waals surface area contributed by atoms with Crippen LogP contribution in [0.25, 0.3) is 0 Å². The van der Waals surface area contributed by atoms with Crippen LogP contribution in [-0.4, -0.2) is 47.0 Å². The van der Waals surface area contributed by atoms with E-state index in [0.29, 0.717) is 19.0 Å². The zero-order valence-electron chi connectivity index (χ0n) is 15.5. The summed E-state index contributed by atoms with van der Waals surface area (Å²) in [6.07, 6.45) is 9.73. The predicted octanol–water partition coefficient (Wildman–Crippen LogP) is 1.65. The zero-order chi connectivity index (χ0) is 18.4. The molecule has 0 spiro atoms. The van der Waals surface area contributed by atoms with E-state index >= 15 is 0 Å². The van der Waals surface area contributed by atoms with Crippen molar-refractivity contribution in [3.63, 3.8) is 0 Å². The van der Waals surface area contributed by atoms with Gasteiger partial charge in [0.15, 0.2) is 0 Å². The Bertz CT molecular complexity index is 616. The smallest absolute Gasteiger partial charge is 0.245 e. The van der Waals surface area contributed by atoms with Crippen molar-refractivity contribution < 1.29 is 9.59 Å². The first-order chi connectivity index (χ1) is 12.6. The van der Waals surface area contributed by atoms with E-state index in [2.05, 4.69) is 25.5 Å². The molecule has 1 aromatic rings. The molecular formula is C19H29N5O2. The number of rotatable bonds is 5. The van der Waals surface area contributed by atoms with E-state index in [1.54, 1.807) is 18.5 Å². The first kappa shape index (κ1) is 18.6. The molecule has 1 saturated carbocycles. The number of aromatic nitrogens is 2. The fourth-order valence-electron chi connectivity index (χ4n) is 4.06. The van der Waals surface area contributed by atoms with Crippen molar-refractivity contribution in [3.8, 4) is 0 Å². The summed E-state index contributed by atoms with van der Waals surface area (Å²) in [5.41, 5.74) is -0.739. The summed E-state index contributed by atoms with van der Waals surface area (Å²) in [5.74, 6) is 0.479. The first-order valence-corrected chi connectivity index (χ1v) is 9.77. The Labute approximate surface area is 155 Å². The Hall–Kier alpha value is -2.18. The van der Waals surface area contributed by atoms with Gasteiger partial charge >= 0.3 is 0 Å². The monoisotopic (exact) mass is 359 g/mol. The maximum atomic E-state index is 13.0. The highest BCUT2D eigenvalue weighted by Crippen LogP contribution is 2.30. The highest BCUT2D eigenvalue weighted by atomic mass is 16.2. The summed E-state index contributed by atoms with van der Waals surface area (Å²) >= 11 is 0. The van der Waals surface area contributed by atoms with Gasteiger partial charge in [-0.15, -0.1) is 0 Å². The Morgan fingerprint density at radius 1 is 1.19 bits per heavy atom. The number of likely N-dealkylation sites (N-methyl/N-ethyl adjacent to an activating group) is 1. The molecule has 0 unspecified atom stereocenters. The van der Waals surface area contributed by atoms with Gasteiger partial charge in [0, 0.05) is 32.0 Å². The number of amides is 2. The Kier molecular flexibility index (Phi) is 6.06. The van der Waals surface area contributed by atoms with Crippen molar-refractivity contribution in [2.75, 3.05) is 24.5 Å². The second-order valence-corrected chi connectivity index (χ2v) is 7.33. The normalized spacial score (nSPS) is 22.5. The second kappa shape index (κ2) is 8.47. The summed E-state index contributed by atoms with van der Waals surface area (Å²) in [4.78, 5) is 36.3. The standard InChI is InChI=1S/C19H29N5O2/c1-2-20-17(26)19(9-4-3-5-10-19)23-16(25)15-8-6-13-24(14-15)18-21-11-7-12-22-18/h7,11-12,15H,2-6,8-10,13-14H2,1H3,(H,20,26)(H,23,25)/t15-/m1/s1. The van der Waals surface area contributed by atoms with Crippen molar-refractivity contribution in [2.24, 2.45) is 5.92 Å². The molecule has 3 rings (SSSR count). The van der Waals surface area contributed by atoms with Gasteiger partial charge in [-0.3, -0.25) is 9.59 Å². The average molecular weight is 359 g/mol. The van der Waals surface area contributed by atoms with Crippen LogP contribution < -0.4 is 15.5 Å². The Morgan fingerprint density at radius 3 is 2.62 bits per heavy atom. The molecular weight excluding hydrogens is 330 g/mol. The van der Waals surface area contributed by atoms with Gasteiger partial charge in [-0.25, -0.2) is 9.97 Å². The summed E-state index contributed by atoms with van der Waals surface area (Å²) in [6.45, 7) is 3.95. The maximum Gasteiger partial charge on any atom is 0.245 e. The summed E-state index contributed by atoms with van der Waals surface area (Å²) in [7, 11) is 0. The van der Waals surface area contributed by atoms with Crippen molar-refractivity contribution in [3.05, 3.63) is 18.5 Å². The lowest BCUT2D eigenvalue weighted by Gasteiger charge is -2.39. The molecule has 1 aliphatic carbocycles. The highest BCUT2D eigenvalue weighted by Gasteiger charge is 2.42. The van der Waals surface area contributed by atoms with E-state index in [1.807, 2.05) is 6.92 Å². The Balaban J connectivity index is 1.68. The Morgan fingerprint density at radius 2 is 1.92 bits per heavy atom. The molecule has 2 aliphatic rings. The molecule has 1 saturated heterocycles. The number of anilines is 1. The molecule has 142 valence electrons. The fraction of sp³-hybridized carbons (Fsp3) is 0.684. The first-order valence-electron chi connectivity index (χ1n) is 9.77. The van der Waals surface area contributed by atoms with E-state index < -0.39 is 5.54 Å². The molecule has 0 aromatic carbocycles. The van der Waals surface area contributed by atoms with Gasteiger partial charge in [0.05, 0.1) is 5.92 Å². The lowest BCUT2D eigenvalue weighted by molar-refractivity contribution is -0.137. The maximum absolute atomic E-state index is 13.0. The molecule has 1 aliphatic heterocycles. The van der Waals surface area contributed by atoms with Crippen molar-refractivity contribution in [1.82, 2.24) is 20.6 Å². The van der Waals surface area contributed by atoms with Gasteiger partial charge in [-0.1, -0.05) is 19.3 Å². The number of nitrogens with one attached hydrogen (secondary N) is 2. The van der Waals surface area contributed by atoms with Crippen LogP contribution in [0.1, 0.15) is 51.9 Å². The van der Waals surface area contributed by atoms with Crippen LogP contribution in [-0.2, 0) is 9.59 Å². The minimum absolute atomic E-state index is 0.0150. The van der Waals surface area contributed by atoms with Gasteiger partial charge in [0.25, 0.3) is 0 Å². The second-order valence-electron chi connectivity index (χ2n) is 7.33. The summed E-state index contributed by atoms with van der Waals surface area (Å²) in [5, 5.41) is 6.06. The molecule has 7 heteroatoms. The SMILES string of the molecule is CCNC(=O)C1(NC(=O)[C@@H]2CCCN(c3ncccn3)C2)CCCCC1. The van der Waals surface area contributed by atoms with Crippen LogP contribution in [0.3, 0.4) is 0 Å². The van der Waals surface area contributed by atoms with E-state index in [4.69, 9.17) is 0 Å². The predicted molar refractivity (Wildman–Crippen MR) is 99.6 cm³/mol. The molecule has 1 aromatic heterocycles. The van der Waals surface area contributed by atoms with Gasteiger partial charge in [-0.2, -0.15) is 0 Å². The number of carbonyl (C=O) groups is 2. The van der Waals surface area contributed by atoms with Gasteiger partial charge in [-0.05, 0) is 38.7 Å². The number of hydrogen-bond acceptors (Lipinski definition) is 5. The molecule has 26 heavy (non-hydrogen) atoms. The van der Waals surface area contributed by atoms with Crippen LogP contribution in [0.4, 0.5) is 5.95 Å².